The molecule has 0 aromatic heterocycles. The molecule has 0 aliphatic heterocycles. The maximum Gasteiger partial charge on any atom is 0.0459 e. The van der Waals surface area contributed by atoms with E-state index in [4.69, 9.17) is 20.4 Å². The molecule has 0 atom stereocenters. The largest absolute Gasteiger partial charge is 0.396 e. The van der Waals surface area contributed by atoms with Crippen molar-refractivity contribution < 1.29 is 20.4 Å². The number of aliphatic hydroxyl groups is 4. The molecule has 0 saturated heterocycles. The third-order valence-electron chi connectivity index (χ3n) is 3.30. The first-order valence-corrected chi connectivity index (χ1v) is 6.71. The van der Waals surface area contributed by atoms with Crippen LogP contribution in [0, 0.1) is 11.8 Å². The van der Waals surface area contributed by atoms with Crippen molar-refractivity contribution in [2.75, 3.05) is 26.4 Å². The van der Waals surface area contributed by atoms with E-state index in [1.165, 1.54) is 0 Å². The van der Waals surface area contributed by atoms with Crippen molar-refractivity contribution in [3.8, 4) is 0 Å². The van der Waals surface area contributed by atoms with E-state index >= 15 is 0 Å². The molecule has 0 heterocycles. The van der Waals surface area contributed by atoms with Crippen LogP contribution in [-0.4, -0.2) is 46.9 Å². The molecule has 0 aromatic rings. The average molecular weight is 248 g/mol. The number of hydrogen-bond acceptors (Lipinski definition) is 4. The molecule has 1 aliphatic rings. The summed E-state index contributed by atoms with van der Waals surface area (Å²) < 4.78 is 0. The predicted molar refractivity (Wildman–Crippen MR) is 67.6 cm³/mol. The standard InChI is InChI=1S/C8H16O2.C5H12O2/c9-5-7-1-2-8(6-10)4-3-7;6-4-2-1-3-5-7/h7-10H,1-6H2;6-7H,1-5H2. The first kappa shape index (κ1) is 16.8. The Morgan fingerprint density at radius 1 is 0.588 bits per heavy atom. The van der Waals surface area contributed by atoms with Crippen LogP contribution in [-0.2, 0) is 0 Å². The van der Waals surface area contributed by atoms with Crippen molar-refractivity contribution in [2.45, 2.75) is 44.9 Å². The second-order valence-corrected chi connectivity index (χ2v) is 4.76. The molecule has 17 heavy (non-hydrogen) atoms. The summed E-state index contributed by atoms with van der Waals surface area (Å²) in [6.07, 6.45) is 6.97. The molecule has 0 radical (unpaired) electrons. The van der Waals surface area contributed by atoms with Crippen LogP contribution in [0.3, 0.4) is 0 Å². The second-order valence-electron chi connectivity index (χ2n) is 4.76. The van der Waals surface area contributed by atoms with Gasteiger partial charge in [-0.3, -0.25) is 0 Å². The molecule has 4 N–H and O–H groups in total. The van der Waals surface area contributed by atoms with E-state index in [1.807, 2.05) is 0 Å². The van der Waals surface area contributed by atoms with Gasteiger partial charge in [0, 0.05) is 26.4 Å². The zero-order valence-corrected chi connectivity index (χ0v) is 10.7. The van der Waals surface area contributed by atoms with Crippen molar-refractivity contribution in [1.29, 1.82) is 0 Å². The quantitative estimate of drug-likeness (QED) is 0.527. The van der Waals surface area contributed by atoms with E-state index in [-0.39, 0.29) is 13.2 Å². The average Bonchev–Trinajstić information content (AvgIpc) is 2.40. The van der Waals surface area contributed by atoms with Crippen LogP contribution in [0.4, 0.5) is 0 Å². The van der Waals surface area contributed by atoms with Crippen LogP contribution in [0.5, 0.6) is 0 Å². The lowest BCUT2D eigenvalue weighted by Crippen LogP contribution is -2.19. The monoisotopic (exact) mass is 248 g/mol. The highest BCUT2D eigenvalue weighted by atomic mass is 16.3. The molecule has 1 saturated carbocycles. The summed E-state index contributed by atoms with van der Waals surface area (Å²) in [6, 6.07) is 0. The first-order valence-electron chi connectivity index (χ1n) is 6.71. The lowest BCUT2D eigenvalue weighted by molar-refractivity contribution is 0.131. The van der Waals surface area contributed by atoms with Crippen molar-refractivity contribution in [2.24, 2.45) is 11.8 Å². The van der Waals surface area contributed by atoms with Gasteiger partial charge in [0.05, 0.1) is 0 Å². The lowest BCUT2D eigenvalue weighted by Gasteiger charge is -2.25. The summed E-state index contributed by atoms with van der Waals surface area (Å²) in [7, 11) is 0. The highest BCUT2D eigenvalue weighted by Crippen LogP contribution is 2.27. The SMILES string of the molecule is OCC1CCC(CO)CC1.OCCCCCO. The zero-order chi connectivity index (χ0) is 12.9. The molecule has 0 bridgehead atoms. The van der Waals surface area contributed by atoms with Crippen molar-refractivity contribution in [1.82, 2.24) is 0 Å². The Labute approximate surface area is 104 Å². The third-order valence-corrected chi connectivity index (χ3v) is 3.30. The van der Waals surface area contributed by atoms with Gasteiger partial charge in [0.15, 0.2) is 0 Å². The third kappa shape index (κ3) is 9.53. The highest BCUT2D eigenvalue weighted by Gasteiger charge is 2.19. The van der Waals surface area contributed by atoms with Gasteiger partial charge in [-0.2, -0.15) is 0 Å². The maximum absolute atomic E-state index is 8.79. The Bertz CT molecular complexity index is 128. The minimum atomic E-state index is 0.250. The summed E-state index contributed by atoms with van der Waals surface area (Å²) >= 11 is 0. The van der Waals surface area contributed by atoms with Gasteiger partial charge in [0.1, 0.15) is 0 Å². The smallest absolute Gasteiger partial charge is 0.0459 e. The fourth-order valence-electron chi connectivity index (χ4n) is 2.00. The molecule has 0 amide bonds. The molecule has 4 nitrogen and oxygen atoms in total. The summed E-state index contributed by atoms with van der Waals surface area (Å²) in [5.41, 5.74) is 0. The van der Waals surface area contributed by atoms with E-state index < -0.39 is 0 Å². The molecular formula is C13H28O4. The van der Waals surface area contributed by atoms with E-state index in [0.29, 0.717) is 25.0 Å². The van der Waals surface area contributed by atoms with Crippen LogP contribution in [0.1, 0.15) is 44.9 Å². The van der Waals surface area contributed by atoms with Crippen LogP contribution in [0.25, 0.3) is 0 Å². The normalized spacial score (nSPS) is 24.0. The van der Waals surface area contributed by atoms with Gasteiger partial charge in [-0.1, -0.05) is 0 Å². The van der Waals surface area contributed by atoms with Crippen LogP contribution >= 0.6 is 0 Å². The molecule has 0 unspecified atom stereocenters. The van der Waals surface area contributed by atoms with Gasteiger partial charge in [-0.15, -0.1) is 0 Å². The topological polar surface area (TPSA) is 80.9 Å². The van der Waals surface area contributed by atoms with Crippen LogP contribution < -0.4 is 0 Å². The molecule has 0 spiro atoms. The minimum Gasteiger partial charge on any atom is -0.396 e. The molecule has 4 heteroatoms. The number of aliphatic hydroxyl groups excluding tert-OH is 4. The Kier molecular flexibility index (Phi) is 12.2. The first-order chi connectivity index (χ1) is 8.28. The van der Waals surface area contributed by atoms with Gasteiger partial charge in [0.25, 0.3) is 0 Å². The Morgan fingerprint density at radius 2 is 0.941 bits per heavy atom. The van der Waals surface area contributed by atoms with Gasteiger partial charge < -0.3 is 20.4 Å². The van der Waals surface area contributed by atoms with E-state index in [2.05, 4.69) is 0 Å². The van der Waals surface area contributed by atoms with E-state index in [9.17, 15) is 0 Å². The second kappa shape index (κ2) is 12.3. The van der Waals surface area contributed by atoms with Gasteiger partial charge in [-0.05, 0) is 56.8 Å². The Hall–Kier alpha value is -0.160. The Balaban J connectivity index is 0.000000325. The van der Waals surface area contributed by atoms with Crippen molar-refractivity contribution in [3.05, 3.63) is 0 Å². The Morgan fingerprint density at radius 3 is 1.18 bits per heavy atom. The molecule has 1 rings (SSSR count). The maximum atomic E-state index is 8.79. The van der Waals surface area contributed by atoms with Gasteiger partial charge in [-0.25, -0.2) is 0 Å². The van der Waals surface area contributed by atoms with E-state index in [1.54, 1.807) is 0 Å². The number of hydrogen-bond donors (Lipinski definition) is 4. The minimum absolute atomic E-state index is 0.250. The predicted octanol–water partition coefficient (Wildman–Crippen LogP) is 0.919. The lowest BCUT2D eigenvalue weighted by atomic mass is 9.83. The number of unbranched alkanes of at least 4 members (excludes halogenated alkanes) is 2. The fraction of sp³-hybridized carbons (Fsp3) is 1.00. The molecular weight excluding hydrogens is 220 g/mol. The van der Waals surface area contributed by atoms with Crippen LogP contribution in [0.2, 0.25) is 0 Å². The molecule has 1 fully saturated rings. The summed E-state index contributed by atoms with van der Waals surface area (Å²) in [6.45, 7) is 1.16. The summed E-state index contributed by atoms with van der Waals surface area (Å²) in [5.74, 6) is 1.03. The van der Waals surface area contributed by atoms with Gasteiger partial charge >= 0.3 is 0 Å². The van der Waals surface area contributed by atoms with Gasteiger partial charge in [0.2, 0.25) is 0 Å². The summed E-state index contributed by atoms with van der Waals surface area (Å²) in [5, 5.41) is 34.0. The van der Waals surface area contributed by atoms with Crippen molar-refractivity contribution >= 4 is 0 Å². The number of rotatable bonds is 6. The van der Waals surface area contributed by atoms with E-state index in [0.717, 1.165) is 44.9 Å². The summed E-state index contributed by atoms with van der Waals surface area (Å²) in [4.78, 5) is 0. The van der Waals surface area contributed by atoms with Crippen LogP contribution in [0.15, 0.2) is 0 Å². The fourth-order valence-corrected chi connectivity index (χ4v) is 2.00. The zero-order valence-electron chi connectivity index (χ0n) is 10.7. The molecule has 104 valence electrons. The van der Waals surface area contributed by atoms with Crippen molar-refractivity contribution in [3.63, 3.8) is 0 Å². The molecule has 1 aliphatic carbocycles. The highest BCUT2D eigenvalue weighted by molar-refractivity contribution is 4.70. The molecule has 0 aromatic carbocycles.